The zero-order valence-corrected chi connectivity index (χ0v) is 12.8. The zero-order chi connectivity index (χ0) is 13.8. The number of rotatable bonds is 4. The van der Waals surface area contributed by atoms with E-state index in [0.29, 0.717) is 28.6 Å². The Morgan fingerprint density at radius 3 is 2.79 bits per heavy atom. The van der Waals surface area contributed by atoms with Gasteiger partial charge in [0.05, 0.1) is 12.7 Å². The summed E-state index contributed by atoms with van der Waals surface area (Å²) in [5.74, 6) is 0.642. The van der Waals surface area contributed by atoms with Gasteiger partial charge in [-0.2, -0.15) is 0 Å². The lowest BCUT2D eigenvalue weighted by atomic mass is 9.88. The summed E-state index contributed by atoms with van der Waals surface area (Å²) in [4.78, 5) is 0.371. The molecule has 2 unspecified atom stereocenters. The number of ether oxygens (including phenoxy) is 1. The van der Waals surface area contributed by atoms with Crippen molar-refractivity contribution >= 4 is 28.8 Å². The summed E-state index contributed by atoms with van der Waals surface area (Å²) >= 11 is 11.2. The van der Waals surface area contributed by atoms with Crippen LogP contribution in [0.3, 0.4) is 0 Å². The molecule has 4 heteroatoms. The van der Waals surface area contributed by atoms with E-state index in [9.17, 15) is 0 Å². The number of thiocarbonyl (C=S) groups is 1. The van der Waals surface area contributed by atoms with E-state index in [1.54, 1.807) is 0 Å². The first-order valence-corrected chi connectivity index (χ1v) is 7.56. The molecule has 1 fully saturated rings. The molecule has 1 aliphatic rings. The maximum Gasteiger partial charge on any atom is 0.104 e. The van der Waals surface area contributed by atoms with E-state index in [4.69, 9.17) is 34.3 Å². The van der Waals surface area contributed by atoms with Gasteiger partial charge in [-0.1, -0.05) is 55.7 Å². The van der Waals surface area contributed by atoms with Crippen molar-refractivity contribution in [3.8, 4) is 0 Å². The van der Waals surface area contributed by atoms with Gasteiger partial charge in [-0.05, 0) is 30.4 Å². The Labute approximate surface area is 125 Å². The van der Waals surface area contributed by atoms with Gasteiger partial charge in [-0.3, -0.25) is 0 Å². The fourth-order valence-electron chi connectivity index (χ4n) is 2.54. The van der Waals surface area contributed by atoms with Crippen molar-refractivity contribution in [2.24, 2.45) is 11.7 Å². The van der Waals surface area contributed by atoms with Crippen LogP contribution in [-0.2, 0) is 11.3 Å². The molecule has 19 heavy (non-hydrogen) atoms. The standard InChI is InChI=1S/C15H20ClNOS/c1-10-4-2-3-5-14(10)18-9-12-7-6-11(15(17)19)8-13(12)16/h6-8,10,14H,2-5,9H2,1H3,(H2,17,19). The van der Waals surface area contributed by atoms with Crippen molar-refractivity contribution < 1.29 is 4.74 Å². The van der Waals surface area contributed by atoms with E-state index in [1.807, 2.05) is 18.2 Å². The van der Waals surface area contributed by atoms with Crippen molar-refractivity contribution in [1.29, 1.82) is 0 Å². The summed E-state index contributed by atoms with van der Waals surface area (Å²) in [6.07, 6.45) is 5.37. The lowest BCUT2D eigenvalue weighted by Gasteiger charge is -2.28. The van der Waals surface area contributed by atoms with E-state index < -0.39 is 0 Å². The third-order valence-corrected chi connectivity index (χ3v) is 4.41. The molecule has 2 rings (SSSR count). The van der Waals surface area contributed by atoms with Gasteiger partial charge in [-0.15, -0.1) is 0 Å². The lowest BCUT2D eigenvalue weighted by molar-refractivity contribution is -0.0154. The van der Waals surface area contributed by atoms with Crippen molar-refractivity contribution in [2.45, 2.75) is 45.3 Å². The molecule has 104 valence electrons. The maximum absolute atomic E-state index is 6.23. The third-order valence-electron chi connectivity index (χ3n) is 3.82. The maximum atomic E-state index is 6.23. The van der Waals surface area contributed by atoms with Crippen LogP contribution in [0.2, 0.25) is 5.02 Å². The highest BCUT2D eigenvalue weighted by Gasteiger charge is 2.22. The van der Waals surface area contributed by atoms with Crippen LogP contribution in [-0.4, -0.2) is 11.1 Å². The van der Waals surface area contributed by atoms with E-state index in [0.717, 1.165) is 17.5 Å². The van der Waals surface area contributed by atoms with Crippen LogP contribution < -0.4 is 5.73 Å². The minimum atomic E-state index is 0.361. The molecule has 2 atom stereocenters. The average molecular weight is 298 g/mol. The Bertz CT molecular complexity index is 463. The Hall–Kier alpha value is -0.640. The second kappa shape index (κ2) is 6.69. The number of benzene rings is 1. The topological polar surface area (TPSA) is 35.2 Å². The molecule has 2 N–H and O–H groups in total. The molecule has 0 radical (unpaired) electrons. The number of nitrogens with two attached hydrogens (primary N) is 1. The van der Waals surface area contributed by atoms with Crippen LogP contribution in [0.4, 0.5) is 0 Å². The molecular weight excluding hydrogens is 278 g/mol. The smallest absolute Gasteiger partial charge is 0.104 e. The molecule has 0 saturated heterocycles. The molecular formula is C15H20ClNOS. The van der Waals surface area contributed by atoms with E-state index in [-0.39, 0.29) is 0 Å². The summed E-state index contributed by atoms with van der Waals surface area (Å²) in [5, 5.41) is 0.675. The minimum Gasteiger partial charge on any atom is -0.389 e. The van der Waals surface area contributed by atoms with Crippen LogP contribution in [0.1, 0.15) is 43.7 Å². The monoisotopic (exact) mass is 297 g/mol. The van der Waals surface area contributed by atoms with Crippen molar-refractivity contribution in [3.63, 3.8) is 0 Å². The molecule has 0 aromatic heterocycles. The fraction of sp³-hybridized carbons (Fsp3) is 0.533. The highest BCUT2D eigenvalue weighted by Crippen LogP contribution is 2.28. The predicted octanol–water partition coefficient (Wildman–Crippen LogP) is 4.07. The molecule has 1 aromatic rings. The quantitative estimate of drug-likeness (QED) is 0.851. The van der Waals surface area contributed by atoms with Gasteiger partial charge in [0.1, 0.15) is 4.99 Å². The summed E-state index contributed by atoms with van der Waals surface area (Å²) in [7, 11) is 0. The molecule has 1 aromatic carbocycles. The molecule has 0 amide bonds. The molecule has 1 aliphatic carbocycles. The molecule has 0 spiro atoms. The van der Waals surface area contributed by atoms with Crippen molar-refractivity contribution in [3.05, 3.63) is 34.3 Å². The SMILES string of the molecule is CC1CCCCC1OCc1ccc(C(N)=S)cc1Cl. The number of hydrogen-bond donors (Lipinski definition) is 1. The Kier molecular flexibility index (Phi) is 5.20. The minimum absolute atomic E-state index is 0.361. The summed E-state index contributed by atoms with van der Waals surface area (Å²) < 4.78 is 6.01. The van der Waals surface area contributed by atoms with Gasteiger partial charge in [0.2, 0.25) is 0 Å². The van der Waals surface area contributed by atoms with Crippen LogP contribution in [0.5, 0.6) is 0 Å². The molecule has 1 saturated carbocycles. The fourth-order valence-corrected chi connectivity index (χ4v) is 2.91. The van der Waals surface area contributed by atoms with E-state index >= 15 is 0 Å². The normalized spacial score (nSPS) is 23.3. The van der Waals surface area contributed by atoms with Crippen LogP contribution in [0, 0.1) is 5.92 Å². The van der Waals surface area contributed by atoms with Gasteiger partial charge in [0.25, 0.3) is 0 Å². The zero-order valence-electron chi connectivity index (χ0n) is 11.2. The van der Waals surface area contributed by atoms with Gasteiger partial charge in [0, 0.05) is 10.6 Å². The molecule has 0 aliphatic heterocycles. The lowest BCUT2D eigenvalue weighted by Crippen LogP contribution is -2.25. The predicted molar refractivity (Wildman–Crippen MR) is 83.5 cm³/mol. The third kappa shape index (κ3) is 3.91. The van der Waals surface area contributed by atoms with E-state index in [1.165, 1.54) is 19.3 Å². The van der Waals surface area contributed by atoms with E-state index in [2.05, 4.69) is 6.92 Å². The molecule has 0 heterocycles. The van der Waals surface area contributed by atoms with Gasteiger partial charge >= 0.3 is 0 Å². The Balaban J connectivity index is 1.97. The second-order valence-electron chi connectivity index (χ2n) is 5.28. The highest BCUT2D eigenvalue weighted by molar-refractivity contribution is 7.80. The molecule has 0 bridgehead atoms. The number of halogens is 1. The van der Waals surface area contributed by atoms with Gasteiger partial charge < -0.3 is 10.5 Å². The first-order valence-electron chi connectivity index (χ1n) is 6.77. The summed E-state index contributed by atoms with van der Waals surface area (Å²) in [6, 6.07) is 5.66. The average Bonchev–Trinajstić information content (AvgIpc) is 2.39. The Morgan fingerprint density at radius 2 is 2.16 bits per heavy atom. The summed E-state index contributed by atoms with van der Waals surface area (Å²) in [6.45, 7) is 2.83. The largest absolute Gasteiger partial charge is 0.389 e. The second-order valence-corrected chi connectivity index (χ2v) is 6.13. The molecule has 2 nitrogen and oxygen atoms in total. The van der Waals surface area contributed by atoms with Gasteiger partial charge in [0.15, 0.2) is 0 Å². The summed E-state index contributed by atoms with van der Waals surface area (Å²) in [5.41, 5.74) is 7.38. The van der Waals surface area contributed by atoms with Crippen molar-refractivity contribution in [2.75, 3.05) is 0 Å². The first-order chi connectivity index (χ1) is 9.08. The van der Waals surface area contributed by atoms with Crippen LogP contribution in [0.25, 0.3) is 0 Å². The Morgan fingerprint density at radius 1 is 1.42 bits per heavy atom. The first kappa shape index (κ1) is 14.8. The number of hydrogen-bond acceptors (Lipinski definition) is 2. The van der Waals surface area contributed by atoms with Crippen LogP contribution in [0.15, 0.2) is 18.2 Å². The van der Waals surface area contributed by atoms with Crippen LogP contribution >= 0.6 is 23.8 Å². The highest BCUT2D eigenvalue weighted by atomic mass is 35.5. The van der Waals surface area contributed by atoms with Crippen molar-refractivity contribution in [1.82, 2.24) is 0 Å². The van der Waals surface area contributed by atoms with Gasteiger partial charge in [-0.25, -0.2) is 0 Å².